The Bertz CT molecular complexity index is 1000. The number of hydrogen-bond acceptors (Lipinski definition) is 5. The van der Waals surface area contributed by atoms with E-state index < -0.39 is 0 Å². The number of esters is 1. The van der Waals surface area contributed by atoms with Crippen LogP contribution in [-0.4, -0.2) is 28.7 Å². The van der Waals surface area contributed by atoms with Gasteiger partial charge in [0.15, 0.2) is 0 Å². The molecule has 0 aromatic carbocycles. The van der Waals surface area contributed by atoms with Crippen LogP contribution in [0.5, 0.6) is 0 Å². The SMILES string of the molecule is CC(=O)OC1CCC2(C)C(=CCC3C2CCC2(C)/C(=N/NC(=O)c4ccncc4)CCC32)C1. The normalized spacial score (nSPS) is 38.5. The molecule has 4 aliphatic rings. The fraction of sp³-hybridized carbons (Fsp3) is 0.630. The molecule has 1 aromatic heterocycles. The number of fused-ring (bicyclic) bond motifs is 5. The molecule has 0 bridgehead atoms. The van der Waals surface area contributed by atoms with Crippen LogP contribution in [0.15, 0.2) is 41.3 Å². The summed E-state index contributed by atoms with van der Waals surface area (Å²) in [5.41, 5.74) is 6.35. The van der Waals surface area contributed by atoms with Crippen molar-refractivity contribution in [3.8, 4) is 0 Å². The first kappa shape index (κ1) is 22.3. The maximum absolute atomic E-state index is 12.5. The van der Waals surface area contributed by atoms with Crippen molar-refractivity contribution in [1.82, 2.24) is 10.4 Å². The Morgan fingerprint density at radius 3 is 2.58 bits per heavy atom. The lowest BCUT2D eigenvalue weighted by molar-refractivity contribution is -0.148. The van der Waals surface area contributed by atoms with Crippen molar-refractivity contribution in [1.29, 1.82) is 0 Å². The average Bonchev–Trinajstić information content (AvgIpc) is 3.14. The molecule has 6 nitrogen and oxygen atoms in total. The topological polar surface area (TPSA) is 80.6 Å². The second kappa shape index (κ2) is 8.37. The van der Waals surface area contributed by atoms with Gasteiger partial charge in [-0.15, -0.1) is 0 Å². The zero-order valence-corrected chi connectivity index (χ0v) is 20.0. The van der Waals surface area contributed by atoms with Gasteiger partial charge >= 0.3 is 5.97 Å². The minimum absolute atomic E-state index is 0.0430. The third-order valence-corrected chi connectivity index (χ3v) is 9.37. The molecule has 4 aliphatic carbocycles. The highest BCUT2D eigenvalue weighted by Gasteiger charge is 2.58. The number of nitrogens with zero attached hydrogens (tertiary/aromatic N) is 2. The number of aromatic nitrogens is 1. The van der Waals surface area contributed by atoms with E-state index in [1.165, 1.54) is 18.9 Å². The summed E-state index contributed by atoms with van der Waals surface area (Å²) in [5.74, 6) is 1.60. The fourth-order valence-electron chi connectivity index (χ4n) is 7.62. The first-order chi connectivity index (χ1) is 15.8. The second-order valence-corrected chi connectivity index (χ2v) is 11.0. The predicted octanol–water partition coefficient (Wildman–Crippen LogP) is 5.06. The minimum Gasteiger partial charge on any atom is -0.462 e. The molecule has 6 unspecified atom stereocenters. The molecule has 6 heteroatoms. The van der Waals surface area contributed by atoms with Crippen molar-refractivity contribution in [2.24, 2.45) is 33.7 Å². The molecule has 6 atom stereocenters. The Balaban J connectivity index is 1.33. The Hall–Kier alpha value is -2.50. The molecule has 0 saturated heterocycles. The van der Waals surface area contributed by atoms with Crippen molar-refractivity contribution < 1.29 is 14.3 Å². The van der Waals surface area contributed by atoms with Crippen LogP contribution < -0.4 is 5.43 Å². The molecular formula is C27H35N3O3. The first-order valence-corrected chi connectivity index (χ1v) is 12.5. The zero-order valence-electron chi connectivity index (χ0n) is 20.0. The van der Waals surface area contributed by atoms with Gasteiger partial charge in [-0.05, 0) is 80.2 Å². The van der Waals surface area contributed by atoms with Crippen molar-refractivity contribution in [3.05, 3.63) is 41.7 Å². The van der Waals surface area contributed by atoms with Gasteiger partial charge in [0.05, 0.1) is 0 Å². The van der Waals surface area contributed by atoms with E-state index in [0.29, 0.717) is 23.3 Å². The van der Waals surface area contributed by atoms with Crippen LogP contribution in [0.3, 0.4) is 0 Å². The molecule has 0 spiro atoms. The first-order valence-electron chi connectivity index (χ1n) is 12.5. The van der Waals surface area contributed by atoms with Gasteiger partial charge in [0.2, 0.25) is 0 Å². The Morgan fingerprint density at radius 1 is 1.09 bits per heavy atom. The van der Waals surface area contributed by atoms with Crippen LogP contribution in [0.25, 0.3) is 0 Å². The number of carbonyl (C=O) groups is 2. The molecule has 33 heavy (non-hydrogen) atoms. The minimum atomic E-state index is -0.173. The molecule has 0 radical (unpaired) electrons. The lowest BCUT2D eigenvalue weighted by Crippen LogP contribution is -2.50. The standard InChI is InChI=1S/C27H35N3O3/c1-17(31)33-20-8-12-26(2)19(16-20)4-5-21-22-6-7-24(27(22,3)13-9-23(21)26)29-30-25(32)18-10-14-28-15-11-18/h4,10-11,14-15,20-23H,5-9,12-13,16H2,1-3H3,(H,30,32)/b29-24+. The number of hydrazone groups is 1. The van der Waals surface area contributed by atoms with E-state index >= 15 is 0 Å². The number of allylic oxidation sites excluding steroid dienone is 1. The van der Waals surface area contributed by atoms with E-state index in [4.69, 9.17) is 4.74 Å². The lowest BCUT2D eigenvalue weighted by atomic mass is 9.48. The summed E-state index contributed by atoms with van der Waals surface area (Å²) in [6.45, 7) is 6.35. The number of hydrogen-bond donors (Lipinski definition) is 1. The van der Waals surface area contributed by atoms with Crippen LogP contribution in [0, 0.1) is 28.6 Å². The number of rotatable bonds is 3. The van der Waals surface area contributed by atoms with Gasteiger partial charge in [-0.1, -0.05) is 25.5 Å². The zero-order chi connectivity index (χ0) is 23.2. The van der Waals surface area contributed by atoms with Gasteiger partial charge in [-0.3, -0.25) is 14.6 Å². The maximum atomic E-state index is 12.5. The van der Waals surface area contributed by atoms with E-state index in [-0.39, 0.29) is 28.8 Å². The number of ether oxygens (including phenoxy) is 1. The second-order valence-electron chi connectivity index (χ2n) is 11.0. The predicted molar refractivity (Wildman–Crippen MR) is 126 cm³/mol. The lowest BCUT2D eigenvalue weighted by Gasteiger charge is -2.57. The smallest absolute Gasteiger partial charge is 0.302 e. The molecule has 176 valence electrons. The third-order valence-electron chi connectivity index (χ3n) is 9.37. The number of nitrogens with one attached hydrogen (secondary N) is 1. The van der Waals surface area contributed by atoms with Gasteiger partial charge in [-0.2, -0.15) is 5.10 Å². The fourth-order valence-corrected chi connectivity index (χ4v) is 7.62. The Kier molecular flexibility index (Phi) is 5.66. The monoisotopic (exact) mass is 449 g/mol. The van der Waals surface area contributed by atoms with E-state index in [1.54, 1.807) is 24.5 Å². The van der Waals surface area contributed by atoms with Gasteiger partial charge in [0.1, 0.15) is 6.10 Å². The molecule has 1 aromatic rings. The molecule has 5 rings (SSSR count). The quantitative estimate of drug-likeness (QED) is 0.397. The molecular weight excluding hydrogens is 414 g/mol. The molecule has 1 heterocycles. The molecule has 1 N–H and O–H groups in total. The summed E-state index contributed by atoms with van der Waals surface area (Å²) in [6.07, 6.45) is 14.3. The van der Waals surface area contributed by atoms with Crippen molar-refractivity contribution in [3.63, 3.8) is 0 Å². The van der Waals surface area contributed by atoms with Crippen LogP contribution in [0.2, 0.25) is 0 Å². The van der Waals surface area contributed by atoms with Crippen LogP contribution in [0.4, 0.5) is 0 Å². The molecule has 1 amide bonds. The Labute approximate surface area is 196 Å². The largest absolute Gasteiger partial charge is 0.462 e. The number of carbonyl (C=O) groups excluding carboxylic acids is 2. The van der Waals surface area contributed by atoms with Gasteiger partial charge < -0.3 is 4.74 Å². The summed E-state index contributed by atoms with van der Waals surface area (Å²) in [5, 5.41) is 4.66. The van der Waals surface area contributed by atoms with Crippen LogP contribution >= 0.6 is 0 Å². The van der Waals surface area contributed by atoms with E-state index in [0.717, 1.165) is 50.7 Å². The van der Waals surface area contributed by atoms with E-state index in [1.807, 2.05) is 0 Å². The number of pyridine rings is 1. The Morgan fingerprint density at radius 2 is 1.82 bits per heavy atom. The molecule has 3 fully saturated rings. The average molecular weight is 450 g/mol. The highest BCUT2D eigenvalue weighted by Crippen LogP contribution is 2.64. The van der Waals surface area contributed by atoms with Crippen molar-refractivity contribution in [2.45, 2.75) is 78.2 Å². The van der Waals surface area contributed by atoms with Gasteiger partial charge in [-0.25, -0.2) is 5.43 Å². The van der Waals surface area contributed by atoms with Crippen molar-refractivity contribution >= 4 is 17.6 Å². The van der Waals surface area contributed by atoms with Gasteiger partial charge in [0, 0.05) is 42.4 Å². The summed E-state index contributed by atoms with van der Waals surface area (Å²) in [6, 6.07) is 3.42. The molecule has 3 saturated carbocycles. The van der Waals surface area contributed by atoms with Crippen molar-refractivity contribution in [2.75, 3.05) is 0 Å². The van der Waals surface area contributed by atoms with Gasteiger partial charge in [0.25, 0.3) is 5.91 Å². The maximum Gasteiger partial charge on any atom is 0.302 e. The number of amides is 1. The summed E-state index contributed by atoms with van der Waals surface area (Å²) in [7, 11) is 0. The van der Waals surface area contributed by atoms with E-state index in [9.17, 15) is 9.59 Å². The highest BCUT2D eigenvalue weighted by atomic mass is 16.5. The summed E-state index contributed by atoms with van der Waals surface area (Å²) < 4.78 is 5.57. The van der Waals surface area contributed by atoms with Crippen LogP contribution in [0.1, 0.15) is 82.5 Å². The highest BCUT2D eigenvalue weighted by molar-refractivity contribution is 5.97. The van der Waals surface area contributed by atoms with Crippen LogP contribution in [-0.2, 0) is 9.53 Å². The molecule has 0 aliphatic heterocycles. The third kappa shape index (κ3) is 3.81. The summed E-state index contributed by atoms with van der Waals surface area (Å²) in [4.78, 5) is 27.9. The summed E-state index contributed by atoms with van der Waals surface area (Å²) >= 11 is 0. The van der Waals surface area contributed by atoms with E-state index in [2.05, 4.69) is 35.4 Å².